The van der Waals surface area contributed by atoms with Gasteiger partial charge in [-0.1, -0.05) is 13.0 Å². The maximum atomic E-state index is 6.02. The lowest BCUT2D eigenvalue weighted by Gasteiger charge is -2.33. The molecule has 0 heterocycles. The van der Waals surface area contributed by atoms with Gasteiger partial charge in [-0.05, 0) is 18.4 Å². The van der Waals surface area contributed by atoms with Crippen molar-refractivity contribution in [1.29, 1.82) is 0 Å². The van der Waals surface area contributed by atoms with Crippen molar-refractivity contribution in [2.24, 2.45) is 11.1 Å². The summed E-state index contributed by atoms with van der Waals surface area (Å²) in [4.78, 5) is 0. The van der Waals surface area contributed by atoms with Crippen LogP contribution in [-0.4, -0.2) is 25.2 Å². The monoisotopic (exact) mass is 199 g/mol. The van der Waals surface area contributed by atoms with E-state index in [1.54, 1.807) is 7.11 Å². The third kappa shape index (κ3) is 2.29. The SMILES string of the molecule is COC1=CC(C)(CSC)C(N)C=C1. The minimum absolute atomic E-state index is 0.0273. The standard InChI is InChI=1S/C10H17NOS/c1-10(7-13-3)6-8(12-2)4-5-9(10)11/h4-6,9H,7,11H2,1-3H3. The number of rotatable bonds is 3. The maximum absolute atomic E-state index is 6.02. The number of nitrogens with two attached hydrogens (primary N) is 1. The Kier molecular flexibility index (Phi) is 3.45. The normalized spacial score (nSPS) is 32.9. The molecule has 3 heteroatoms. The van der Waals surface area contributed by atoms with Gasteiger partial charge >= 0.3 is 0 Å². The van der Waals surface area contributed by atoms with E-state index in [0.717, 1.165) is 11.5 Å². The number of hydrogen-bond donors (Lipinski definition) is 1. The van der Waals surface area contributed by atoms with Crippen LogP contribution in [0.25, 0.3) is 0 Å². The predicted molar refractivity (Wildman–Crippen MR) is 58.7 cm³/mol. The smallest absolute Gasteiger partial charge is 0.115 e. The van der Waals surface area contributed by atoms with E-state index in [1.165, 1.54) is 0 Å². The lowest BCUT2D eigenvalue weighted by Crippen LogP contribution is -2.40. The fraction of sp³-hybridized carbons (Fsp3) is 0.600. The van der Waals surface area contributed by atoms with Crippen LogP contribution in [0.5, 0.6) is 0 Å². The molecule has 0 aromatic rings. The molecule has 1 aliphatic rings. The quantitative estimate of drug-likeness (QED) is 0.752. The molecular weight excluding hydrogens is 182 g/mol. The molecule has 0 fully saturated rings. The molecule has 0 spiro atoms. The summed E-state index contributed by atoms with van der Waals surface area (Å²) in [5.74, 6) is 1.93. The van der Waals surface area contributed by atoms with Crippen LogP contribution in [0.2, 0.25) is 0 Å². The number of ether oxygens (including phenoxy) is 1. The summed E-state index contributed by atoms with van der Waals surface area (Å²) >= 11 is 1.81. The molecule has 0 aromatic carbocycles. The first-order chi connectivity index (χ1) is 6.12. The van der Waals surface area contributed by atoms with Gasteiger partial charge in [0, 0.05) is 17.2 Å². The zero-order valence-corrected chi connectivity index (χ0v) is 9.23. The topological polar surface area (TPSA) is 35.2 Å². The fourth-order valence-corrected chi connectivity index (χ4v) is 2.36. The molecule has 0 aromatic heterocycles. The second-order valence-electron chi connectivity index (χ2n) is 3.57. The zero-order chi connectivity index (χ0) is 9.90. The molecule has 2 atom stereocenters. The lowest BCUT2D eigenvalue weighted by atomic mass is 9.81. The van der Waals surface area contributed by atoms with Crippen molar-refractivity contribution < 1.29 is 4.74 Å². The Morgan fingerprint density at radius 1 is 1.69 bits per heavy atom. The van der Waals surface area contributed by atoms with Crippen molar-refractivity contribution in [3.63, 3.8) is 0 Å². The van der Waals surface area contributed by atoms with Crippen LogP contribution in [0.1, 0.15) is 6.92 Å². The fourth-order valence-electron chi connectivity index (χ4n) is 1.46. The van der Waals surface area contributed by atoms with E-state index < -0.39 is 0 Å². The van der Waals surface area contributed by atoms with E-state index in [0.29, 0.717) is 0 Å². The largest absolute Gasteiger partial charge is 0.497 e. The average Bonchev–Trinajstić information content (AvgIpc) is 2.10. The molecule has 0 saturated heterocycles. The third-order valence-corrected chi connectivity index (χ3v) is 3.30. The Morgan fingerprint density at radius 2 is 2.38 bits per heavy atom. The highest BCUT2D eigenvalue weighted by Crippen LogP contribution is 2.32. The first-order valence-corrected chi connectivity index (χ1v) is 5.71. The van der Waals surface area contributed by atoms with E-state index in [2.05, 4.69) is 19.3 Å². The number of thioether (sulfide) groups is 1. The van der Waals surface area contributed by atoms with Gasteiger partial charge in [-0.3, -0.25) is 0 Å². The summed E-state index contributed by atoms with van der Waals surface area (Å²) in [5, 5.41) is 0. The summed E-state index contributed by atoms with van der Waals surface area (Å²) < 4.78 is 5.19. The summed E-state index contributed by atoms with van der Waals surface area (Å²) in [6, 6.07) is 0.0962. The highest BCUT2D eigenvalue weighted by molar-refractivity contribution is 7.98. The highest BCUT2D eigenvalue weighted by Gasteiger charge is 2.30. The minimum Gasteiger partial charge on any atom is -0.497 e. The second kappa shape index (κ2) is 4.20. The second-order valence-corrected chi connectivity index (χ2v) is 4.44. The third-order valence-electron chi connectivity index (χ3n) is 2.39. The molecule has 1 rings (SSSR count). The Hall–Kier alpha value is -0.410. The Labute approximate surface area is 84.2 Å². The van der Waals surface area contributed by atoms with Crippen LogP contribution in [0.3, 0.4) is 0 Å². The average molecular weight is 199 g/mol. The number of hydrogen-bond acceptors (Lipinski definition) is 3. The molecule has 0 aliphatic heterocycles. The van der Waals surface area contributed by atoms with Gasteiger partial charge in [-0.25, -0.2) is 0 Å². The van der Waals surface area contributed by atoms with Gasteiger partial charge in [-0.2, -0.15) is 11.8 Å². The Morgan fingerprint density at radius 3 is 2.92 bits per heavy atom. The van der Waals surface area contributed by atoms with E-state index in [4.69, 9.17) is 10.5 Å². The van der Waals surface area contributed by atoms with Crippen LogP contribution in [0.4, 0.5) is 0 Å². The molecule has 2 unspecified atom stereocenters. The van der Waals surface area contributed by atoms with Crippen LogP contribution < -0.4 is 5.73 Å². The molecule has 74 valence electrons. The van der Waals surface area contributed by atoms with Gasteiger partial charge in [0.1, 0.15) is 5.76 Å². The van der Waals surface area contributed by atoms with Crippen LogP contribution in [-0.2, 0) is 4.74 Å². The van der Waals surface area contributed by atoms with Crippen molar-refractivity contribution in [2.75, 3.05) is 19.1 Å². The highest BCUT2D eigenvalue weighted by atomic mass is 32.2. The summed E-state index contributed by atoms with van der Waals surface area (Å²) in [6.45, 7) is 2.16. The molecule has 2 nitrogen and oxygen atoms in total. The zero-order valence-electron chi connectivity index (χ0n) is 8.41. The van der Waals surface area contributed by atoms with E-state index >= 15 is 0 Å². The molecule has 1 aliphatic carbocycles. The summed E-state index contributed by atoms with van der Waals surface area (Å²) in [6.07, 6.45) is 8.16. The van der Waals surface area contributed by atoms with Gasteiger partial charge in [0.2, 0.25) is 0 Å². The van der Waals surface area contributed by atoms with Crippen molar-refractivity contribution in [2.45, 2.75) is 13.0 Å². The lowest BCUT2D eigenvalue weighted by molar-refractivity contribution is 0.286. The minimum atomic E-state index is 0.0273. The molecule has 13 heavy (non-hydrogen) atoms. The summed E-state index contributed by atoms with van der Waals surface area (Å²) in [5.41, 5.74) is 6.04. The van der Waals surface area contributed by atoms with E-state index in [9.17, 15) is 0 Å². The molecule has 0 radical (unpaired) electrons. The van der Waals surface area contributed by atoms with Crippen molar-refractivity contribution in [3.8, 4) is 0 Å². The molecular formula is C10H17NOS. The van der Waals surface area contributed by atoms with Crippen LogP contribution in [0, 0.1) is 5.41 Å². The maximum Gasteiger partial charge on any atom is 0.115 e. The molecule has 0 bridgehead atoms. The van der Waals surface area contributed by atoms with Gasteiger partial charge < -0.3 is 10.5 Å². The van der Waals surface area contributed by atoms with Gasteiger partial charge in [0.05, 0.1) is 7.11 Å². The van der Waals surface area contributed by atoms with Gasteiger partial charge in [0.25, 0.3) is 0 Å². The Bertz CT molecular complexity index is 237. The first-order valence-electron chi connectivity index (χ1n) is 4.32. The number of methoxy groups -OCH3 is 1. The predicted octanol–water partition coefficient (Wildman–Crippen LogP) is 1.78. The van der Waals surface area contributed by atoms with Crippen LogP contribution in [0.15, 0.2) is 24.0 Å². The first kappa shape index (κ1) is 10.7. The summed E-state index contributed by atoms with van der Waals surface area (Å²) in [7, 11) is 1.69. The van der Waals surface area contributed by atoms with Crippen molar-refractivity contribution >= 4 is 11.8 Å². The van der Waals surface area contributed by atoms with Gasteiger partial charge in [0.15, 0.2) is 0 Å². The molecule has 0 saturated carbocycles. The molecule has 2 N–H and O–H groups in total. The Balaban J connectivity index is 2.83. The van der Waals surface area contributed by atoms with Crippen molar-refractivity contribution in [3.05, 3.63) is 24.0 Å². The molecule has 0 amide bonds. The van der Waals surface area contributed by atoms with E-state index in [1.807, 2.05) is 23.9 Å². The number of allylic oxidation sites excluding steroid dienone is 1. The van der Waals surface area contributed by atoms with E-state index in [-0.39, 0.29) is 11.5 Å². The van der Waals surface area contributed by atoms with Crippen LogP contribution >= 0.6 is 11.8 Å². The van der Waals surface area contributed by atoms with Crippen molar-refractivity contribution in [1.82, 2.24) is 0 Å². The van der Waals surface area contributed by atoms with Gasteiger partial charge in [-0.15, -0.1) is 0 Å².